The molecule has 0 bridgehead atoms. The third kappa shape index (κ3) is 4.09. The van der Waals surface area contributed by atoms with Crippen molar-refractivity contribution in [3.63, 3.8) is 0 Å². The summed E-state index contributed by atoms with van der Waals surface area (Å²) in [5.74, 6) is 0.125. The van der Waals surface area contributed by atoms with Gasteiger partial charge in [-0.1, -0.05) is 0 Å². The largest absolute Gasteiger partial charge is 0.481 e. The number of rotatable bonds is 5. The van der Waals surface area contributed by atoms with Crippen LogP contribution in [-0.4, -0.2) is 53.1 Å². The minimum atomic E-state index is -0.335. The highest BCUT2D eigenvalue weighted by atomic mass is 19.1. The van der Waals surface area contributed by atoms with Gasteiger partial charge in [-0.3, -0.25) is 9.78 Å². The van der Waals surface area contributed by atoms with Gasteiger partial charge in [-0.25, -0.2) is 9.37 Å². The molecular weight excluding hydrogens is 335 g/mol. The predicted molar refractivity (Wildman–Crippen MR) is 97.6 cm³/mol. The number of nitrogens with one attached hydrogen (secondary N) is 1. The topological polar surface area (TPSA) is 67.3 Å². The van der Waals surface area contributed by atoms with Crippen molar-refractivity contribution in [3.05, 3.63) is 29.7 Å². The van der Waals surface area contributed by atoms with E-state index in [0.29, 0.717) is 28.9 Å². The maximum absolute atomic E-state index is 14.4. The second kappa shape index (κ2) is 7.53. The summed E-state index contributed by atoms with van der Waals surface area (Å²) >= 11 is 0. The normalized spacial score (nSPS) is 17.2. The molecule has 26 heavy (non-hydrogen) atoms. The van der Waals surface area contributed by atoms with Crippen molar-refractivity contribution in [2.24, 2.45) is 0 Å². The molecule has 3 heterocycles. The van der Waals surface area contributed by atoms with Crippen LogP contribution in [-0.2, 0) is 11.2 Å². The number of aromatic nitrogens is 2. The molecule has 1 saturated heterocycles. The van der Waals surface area contributed by atoms with Crippen molar-refractivity contribution in [1.29, 1.82) is 0 Å². The molecule has 140 valence electrons. The number of fused-ring (bicyclic) bond motifs is 1. The number of nitrogens with zero attached hydrogens (tertiary/aromatic N) is 3. The lowest BCUT2D eigenvalue weighted by Crippen LogP contribution is -2.53. The first-order valence-electron chi connectivity index (χ1n) is 8.89. The van der Waals surface area contributed by atoms with Crippen molar-refractivity contribution in [3.8, 4) is 5.88 Å². The van der Waals surface area contributed by atoms with Gasteiger partial charge in [-0.2, -0.15) is 0 Å². The van der Waals surface area contributed by atoms with E-state index in [1.807, 2.05) is 0 Å². The van der Waals surface area contributed by atoms with Crippen molar-refractivity contribution >= 4 is 16.9 Å². The van der Waals surface area contributed by atoms with Crippen molar-refractivity contribution in [1.82, 2.24) is 20.2 Å². The maximum Gasteiger partial charge on any atom is 0.217 e. The number of methoxy groups -OCH3 is 1. The number of piperidine rings is 1. The molecule has 1 aliphatic rings. The number of carbonyl (C=O) groups excluding carboxylic acids is 1. The Morgan fingerprint density at radius 2 is 2.12 bits per heavy atom. The van der Waals surface area contributed by atoms with E-state index in [1.165, 1.54) is 6.20 Å². The molecule has 0 aromatic carbocycles. The van der Waals surface area contributed by atoms with E-state index >= 15 is 0 Å². The lowest BCUT2D eigenvalue weighted by atomic mass is 9.89. The highest BCUT2D eigenvalue weighted by molar-refractivity contribution is 5.78. The number of likely N-dealkylation sites (tertiary alicyclic amines) is 1. The molecule has 1 aliphatic heterocycles. The Morgan fingerprint density at radius 1 is 1.38 bits per heavy atom. The third-order valence-electron chi connectivity index (χ3n) is 5.06. The van der Waals surface area contributed by atoms with E-state index in [2.05, 4.69) is 27.1 Å². The summed E-state index contributed by atoms with van der Waals surface area (Å²) in [6, 6.07) is 3.52. The summed E-state index contributed by atoms with van der Waals surface area (Å²) in [5, 5.41) is 3.04. The van der Waals surface area contributed by atoms with Gasteiger partial charge in [0, 0.05) is 43.7 Å². The minimum Gasteiger partial charge on any atom is -0.481 e. The lowest BCUT2D eigenvalue weighted by Gasteiger charge is -2.39. The van der Waals surface area contributed by atoms with E-state index in [9.17, 15) is 9.18 Å². The number of pyridine rings is 2. The smallest absolute Gasteiger partial charge is 0.217 e. The highest BCUT2D eigenvalue weighted by Gasteiger charge is 2.30. The molecule has 0 aliphatic carbocycles. The van der Waals surface area contributed by atoms with Crippen LogP contribution in [0.1, 0.15) is 32.3 Å². The SMILES string of the molecule is COc1ccc2ncc(F)c(CCN3CCC(C)(NC(C)=O)CC3)c2n1. The third-order valence-corrected chi connectivity index (χ3v) is 5.06. The summed E-state index contributed by atoms with van der Waals surface area (Å²) in [5.41, 5.74) is 1.65. The number of amides is 1. The standard InChI is InChI=1S/C19H25FN4O2/c1-13(25)23-19(2)7-10-24(11-8-19)9-6-14-15(20)12-21-16-4-5-17(26-3)22-18(14)16/h4-5,12H,6-11H2,1-3H3,(H,23,25). The molecule has 1 N–H and O–H groups in total. The molecule has 0 radical (unpaired) electrons. The van der Waals surface area contributed by atoms with Crippen molar-refractivity contribution in [2.75, 3.05) is 26.7 Å². The Morgan fingerprint density at radius 3 is 2.77 bits per heavy atom. The van der Waals surface area contributed by atoms with Gasteiger partial charge in [0.25, 0.3) is 0 Å². The Labute approximate surface area is 152 Å². The first-order valence-corrected chi connectivity index (χ1v) is 8.89. The zero-order valence-corrected chi connectivity index (χ0v) is 15.5. The van der Waals surface area contributed by atoms with E-state index in [4.69, 9.17) is 4.74 Å². The van der Waals surface area contributed by atoms with Crippen LogP contribution in [0.4, 0.5) is 4.39 Å². The van der Waals surface area contributed by atoms with Gasteiger partial charge in [0.1, 0.15) is 5.82 Å². The summed E-state index contributed by atoms with van der Waals surface area (Å²) < 4.78 is 19.5. The number of halogens is 1. The fraction of sp³-hybridized carbons (Fsp3) is 0.526. The van der Waals surface area contributed by atoms with Gasteiger partial charge in [0.2, 0.25) is 11.8 Å². The summed E-state index contributed by atoms with van der Waals surface area (Å²) in [6.07, 6.45) is 3.59. The van der Waals surface area contributed by atoms with E-state index in [-0.39, 0.29) is 17.3 Å². The molecule has 7 heteroatoms. The van der Waals surface area contributed by atoms with Crippen LogP contribution < -0.4 is 10.1 Å². The van der Waals surface area contributed by atoms with Crippen LogP contribution >= 0.6 is 0 Å². The van der Waals surface area contributed by atoms with Crippen molar-refractivity contribution in [2.45, 2.75) is 38.6 Å². The molecule has 0 spiro atoms. The quantitative estimate of drug-likeness (QED) is 0.886. The average Bonchev–Trinajstić information content (AvgIpc) is 2.61. The van der Waals surface area contributed by atoms with Crippen LogP contribution in [0.15, 0.2) is 18.3 Å². The Balaban J connectivity index is 1.69. The molecule has 1 amide bonds. The zero-order chi connectivity index (χ0) is 18.7. The monoisotopic (exact) mass is 360 g/mol. The zero-order valence-electron chi connectivity index (χ0n) is 15.5. The molecule has 1 fully saturated rings. The summed E-state index contributed by atoms with van der Waals surface area (Å²) in [4.78, 5) is 22.1. The van der Waals surface area contributed by atoms with Crippen LogP contribution in [0.3, 0.4) is 0 Å². The second-order valence-corrected chi connectivity index (χ2v) is 7.14. The number of ether oxygens (including phenoxy) is 1. The molecule has 2 aromatic rings. The Hall–Kier alpha value is -2.28. The van der Waals surface area contributed by atoms with E-state index in [0.717, 1.165) is 32.5 Å². The van der Waals surface area contributed by atoms with Crippen LogP contribution in [0.5, 0.6) is 5.88 Å². The first kappa shape index (κ1) is 18.5. The fourth-order valence-corrected chi connectivity index (χ4v) is 3.52. The Bertz CT molecular complexity index is 803. The van der Waals surface area contributed by atoms with Crippen molar-refractivity contribution < 1.29 is 13.9 Å². The van der Waals surface area contributed by atoms with Crippen LogP contribution in [0.2, 0.25) is 0 Å². The van der Waals surface area contributed by atoms with Gasteiger partial charge in [0.15, 0.2) is 0 Å². The maximum atomic E-state index is 14.4. The molecular formula is C19H25FN4O2. The molecule has 3 rings (SSSR count). The molecule has 0 unspecified atom stereocenters. The molecule has 0 saturated carbocycles. The number of hydrogen-bond donors (Lipinski definition) is 1. The molecule has 6 nitrogen and oxygen atoms in total. The second-order valence-electron chi connectivity index (χ2n) is 7.14. The summed E-state index contributed by atoms with van der Waals surface area (Å²) in [6.45, 7) is 6.12. The first-order chi connectivity index (χ1) is 12.4. The van der Waals surface area contributed by atoms with E-state index in [1.54, 1.807) is 26.2 Å². The Kier molecular flexibility index (Phi) is 5.36. The van der Waals surface area contributed by atoms with Crippen LogP contribution in [0.25, 0.3) is 11.0 Å². The fourth-order valence-electron chi connectivity index (χ4n) is 3.52. The lowest BCUT2D eigenvalue weighted by molar-refractivity contribution is -0.121. The predicted octanol–water partition coefficient (Wildman–Crippen LogP) is 2.31. The van der Waals surface area contributed by atoms with Gasteiger partial charge in [-0.05, 0) is 32.3 Å². The molecule has 0 atom stereocenters. The van der Waals surface area contributed by atoms with Gasteiger partial charge in [0.05, 0.1) is 24.3 Å². The number of hydrogen-bond acceptors (Lipinski definition) is 5. The summed E-state index contributed by atoms with van der Waals surface area (Å²) in [7, 11) is 1.54. The van der Waals surface area contributed by atoms with E-state index < -0.39 is 0 Å². The van der Waals surface area contributed by atoms with Gasteiger partial charge in [-0.15, -0.1) is 0 Å². The van der Waals surface area contributed by atoms with Gasteiger partial charge >= 0.3 is 0 Å². The van der Waals surface area contributed by atoms with Crippen LogP contribution in [0, 0.1) is 5.82 Å². The van der Waals surface area contributed by atoms with Gasteiger partial charge < -0.3 is 15.0 Å². The number of carbonyl (C=O) groups is 1. The highest BCUT2D eigenvalue weighted by Crippen LogP contribution is 2.24. The minimum absolute atomic E-state index is 0.00583. The average molecular weight is 360 g/mol. The molecule has 2 aromatic heterocycles.